The molecule has 19 heavy (non-hydrogen) atoms. The molecule has 1 unspecified atom stereocenters. The molecular formula is C16H18BrNO. The van der Waals surface area contributed by atoms with Gasteiger partial charge in [-0.25, -0.2) is 0 Å². The van der Waals surface area contributed by atoms with Crippen molar-refractivity contribution >= 4 is 15.9 Å². The first-order chi connectivity index (χ1) is 9.15. The van der Waals surface area contributed by atoms with Gasteiger partial charge in [0.15, 0.2) is 0 Å². The monoisotopic (exact) mass is 319 g/mol. The van der Waals surface area contributed by atoms with Crippen LogP contribution in [0.1, 0.15) is 18.1 Å². The smallest absolute Gasteiger partial charge is 0.120 e. The fourth-order valence-corrected chi connectivity index (χ4v) is 2.26. The van der Waals surface area contributed by atoms with Gasteiger partial charge in [-0.1, -0.05) is 46.3 Å². The van der Waals surface area contributed by atoms with Crippen molar-refractivity contribution in [2.75, 3.05) is 0 Å². The Labute approximate surface area is 122 Å². The number of hydrogen-bond donors (Lipinski definition) is 2. The SMILES string of the molecule is CC(Cc1ccc(Br)cc1)NCc1ccccc1O. The Morgan fingerprint density at radius 1 is 1.11 bits per heavy atom. The standard InChI is InChI=1S/C16H18BrNO/c1-12(10-13-6-8-15(17)9-7-13)18-11-14-4-2-3-5-16(14)19/h2-9,12,18-19H,10-11H2,1H3. The third-order valence-corrected chi connectivity index (χ3v) is 3.62. The van der Waals surface area contributed by atoms with Gasteiger partial charge >= 0.3 is 0 Å². The average Bonchev–Trinajstić information content (AvgIpc) is 2.40. The van der Waals surface area contributed by atoms with Crippen molar-refractivity contribution < 1.29 is 5.11 Å². The van der Waals surface area contributed by atoms with Gasteiger partial charge < -0.3 is 10.4 Å². The molecule has 100 valence electrons. The Balaban J connectivity index is 1.86. The van der Waals surface area contributed by atoms with Crippen molar-refractivity contribution in [3.05, 3.63) is 64.1 Å². The van der Waals surface area contributed by atoms with Gasteiger partial charge in [0, 0.05) is 22.6 Å². The molecule has 1 atom stereocenters. The van der Waals surface area contributed by atoms with Crippen LogP contribution in [0.15, 0.2) is 53.0 Å². The van der Waals surface area contributed by atoms with Crippen molar-refractivity contribution in [1.29, 1.82) is 0 Å². The maximum Gasteiger partial charge on any atom is 0.120 e. The van der Waals surface area contributed by atoms with Crippen LogP contribution >= 0.6 is 15.9 Å². The lowest BCUT2D eigenvalue weighted by Gasteiger charge is -2.14. The van der Waals surface area contributed by atoms with Gasteiger partial charge in [-0.05, 0) is 37.1 Å². The predicted octanol–water partition coefficient (Wildman–Crippen LogP) is 3.88. The molecule has 0 fully saturated rings. The van der Waals surface area contributed by atoms with Crippen molar-refractivity contribution in [2.24, 2.45) is 0 Å². The van der Waals surface area contributed by atoms with Gasteiger partial charge in [0.1, 0.15) is 5.75 Å². The molecule has 0 radical (unpaired) electrons. The lowest BCUT2D eigenvalue weighted by atomic mass is 10.1. The van der Waals surface area contributed by atoms with E-state index in [1.807, 2.05) is 18.2 Å². The van der Waals surface area contributed by atoms with Crippen molar-refractivity contribution in [3.63, 3.8) is 0 Å². The Morgan fingerprint density at radius 2 is 1.79 bits per heavy atom. The van der Waals surface area contributed by atoms with E-state index in [0.29, 0.717) is 18.3 Å². The molecule has 2 N–H and O–H groups in total. The summed E-state index contributed by atoms with van der Waals surface area (Å²) in [6, 6.07) is 16.2. The van der Waals surface area contributed by atoms with E-state index in [1.54, 1.807) is 6.07 Å². The lowest BCUT2D eigenvalue weighted by Crippen LogP contribution is -2.27. The molecule has 2 aromatic rings. The van der Waals surface area contributed by atoms with Gasteiger partial charge in [0.05, 0.1) is 0 Å². The molecule has 0 heterocycles. The molecule has 0 aliphatic carbocycles. The van der Waals surface area contributed by atoms with Gasteiger partial charge in [-0.15, -0.1) is 0 Å². The second-order valence-electron chi connectivity index (χ2n) is 4.74. The van der Waals surface area contributed by atoms with Crippen LogP contribution in [0.5, 0.6) is 5.75 Å². The summed E-state index contributed by atoms with van der Waals surface area (Å²) < 4.78 is 1.10. The number of phenols is 1. The van der Waals surface area contributed by atoms with Crippen LogP contribution in [-0.4, -0.2) is 11.1 Å². The third kappa shape index (κ3) is 4.37. The van der Waals surface area contributed by atoms with E-state index in [0.717, 1.165) is 16.5 Å². The minimum Gasteiger partial charge on any atom is -0.508 e. The van der Waals surface area contributed by atoms with E-state index < -0.39 is 0 Å². The van der Waals surface area contributed by atoms with E-state index in [4.69, 9.17) is 0 Å². The van der Waals surface area contributed by atoms with E-state index in [2.05, 4.69) is 52.4 Å². The minimum absolute atomic E-state index is 0.353. The van der Waals surface area contributed by atoms with E-state index in [1.165, 1.54) is 5.56 Å². The quantitative estimate of drug-likeness (QED) is 0.876. The summed E-state index contributed by atoms with van der Waals surface area (Å²) in [5, 5.41) is 13.1. The first-order valence-corrected chi connectivity index (χ1v) is 7.19. The lowest BCUT2D eigenvalue weighted by molar-refractivity contribution is 0.458. The zero-order valence-electron chi connectivity index (χ0n) is 10.9. The predicted molar refractivity (Wildman–Crippen MR) is 82.3 cm³/mol. The summed E-state index contributed by atoms with van der Waals surface area (Å²) in [5.41, 5.74) is 2.24. The molecule has 2 rings (SSSR count). The van der Waals surface area contributed by atoms with Gasteiger partial charge in [-0.3, -0.25) is 0 Å². The second kappa shape index (κ2) is 6.73. The van der Waals surface area contributed by atoms with Crippen LogP contribution in [0.3, 0.4) is 0 Å². The van der Waals surface area contributed by atoms with Gasteiger partial charge in [-0.2, -0.15) is 0 Å². The molecule has 0 saturated heterocycles. The minimum atomic E-state index is 0.353. The molecule has 2 aromatic carbocycles. The Morgan fingerprint density at radius 3 is 2.47 bits per heavy atom. The number of halogens is 1. The van der Waals surface area contributed by atoms with Gasteiger partial charge in [0.25, 0.3) is 0 Å². The van der Waals surface area contributed by atoms with Crippen LogP contribution in [0.25, 0.3) is 0 Å². The second-order valence-corrected chi connectivity index (χ2v) is 5.66. The number of nitrogens with one attached hydrogen (secondary N) is 1. The summed E-state index contributed by atoms with van der Waals surface area (Å²) in [4.78, 5) is 0. The summed E-state index contributed by atoms with van der Waals surface area (Å²) in [5.74, 6) is 0.353. The molecule has 0 saturated carbocycles. The molecule has 0 aromatic heterocycles. The Bertz CT molecular complexity index is 525. The highest BCUT2D eigenvalue weighted by atomic mass is 79.9. The van der Waals surface area contributed by atoms with Crippen molar-refractivity contribution in [2.45, 2.75) is 25.9 Å². The zero-order valence-corrected chi connectivity index (χ0v) is 12.5. The number of rotatable bonds is 5. The molecule has 0 spiro atoms. The van der Waals surface area contributed by atoms with Gasteiger partial charge in [0.2, 0.25) is 0 Å². The van der Waals surface area contributed by atoms with Crippen LogP contribution in [-0.2, 0) is 13.0 Å². The van der Waals surface area contributed by atoms with E-state index in [-0.39, 0.29) is 0 Å². The number of hydrogen-bond acceptors (Lipinski definition) is 2. The molecular weight excluding hydrogens is 302 g/mol. The topological polar surface area (TPSA) is 32.3 Å². The average molecular weight is 320 g/mol. The molecule has 2 nitrogen and oxygen atoms in total. The number of aromatic hydroxyl groups is 1. The summed E-state index contributed by atoms with van der Waals surface area (Å²) in [6.07, 6.45) is 0.973. The highest BCUT2D eigenvalue weighted by Crippen LogP contribution is 2.16. The maximum absolute atomic E-state index is 9.70. The number of benzene rings is 2. The van der Waals surface area contributed by atoms with Crippen LogP contribution < -0.4 is 5.32 Å². The molecule has 3 heteroatoms. The van der Waals surface area contributed by atoms with E-state index >= 15 is 0 Å². The summed E-state index contributed by atoms with van der Waals surface area (Å²) in [6.45, 7) is 2.84. The third-order valence-electron chi connectivity index (χ3n) is 3.09. The first-order valence-electron chi connectivity index (χ1n) is 6.40. The van der Waals surface area contributed by atoms with Crippen LogP contribution in [0.2, 0.25) is 0 Å². The molecule has 0 bridgehead atoms. The van der Waals surface area contributed by atoms with Crippen LogP contribution in [0, 0.1) is 0 Å². The molecule has 0 aliphatic heterocycles. The Hall–Kier alpha value is -1.32. The number of phenolic OH excluding ortho intramolecular Hbond substituents is 1. The normalized spacial score (nSPS) is 12.3. The van der Waals surface area contributed by atoms with Crippen molar-refractivity contribution in [1.82, 2.24) is 5.32 Å². The zero-order chi connectivity index (χ0) is 13.7. The van der Waals surface area contributed by atoms with Crippen molar-refractivity contribution in [3.8, 4) is 5.75 Å². The largest absolute Gasteiger partial charge is 0.508 e. The summed E-state index contributed by atoms with van der Waals surface area (Å²) in [7, 11) is 0. The number of para-hydroxylation sites is 1. The molecule has 0 amide bonds. The highest BCUT2D eigenvalue weighted by molar-refractivity contribution is 9.10. The van der Waals surface area contributed by atoms with Crippen LogP contribution in [0.4, 0.5) is 0 Å². The molecule has 0 aliphatic rings. The highest BCUT2D eigenvalue weighted by Gasteiger charge is 2.05. The maximum atomic E-state index is 9.70. The first kappa shape index (κ1) is 14.1. The fourth-order valence-electron chi connectivity index (χ4n) is 1.99. The fraction of sp³-hybridized carbons (Fsp3) is 0.250. The Kier molecular flexibility index (Phi) is 5.00. The summed E-state index contributed by atoms with van der Waals surface area (Å²) >= 11 is 3.44. The van der Waals surface area contributed by atoms with E-state index in [9.17, 15) is 5.11 Å².